The Kier molecular flexibility index (Phi) is 9.81. The molecule has 0 aromatic carbocycles. The van der Waals surface area contributed by atoms with E-state index in [1.54, 1.807) is 0 Å². The summed E-state index contributed by atoms with van der Waals surface area (Å²) in [7, 11) is 0. The summed E-state index contributed by atoms with van der Waals surface area (Å²) in [6.45, 7) is 1.74. The van der Waals surface area contributed by atoms with Gasteiger partial charge in [0.15, 0.2) is 0 Å². The van der Waals surface area contributed by atoms with Gasteiger partial charge in [0.1, 0.15) is 0 Å². The highest BCUT2D eigenvalue weighted by atomic mass is 19.4. The van der Waals surface area contributed by atoms with Crippen molar-refractivity contribution in [3.63, 3.8) is 0 Å². The molecule has 1 atom stereocenters. The average molecular weight is 400 g/mol. The van der Waals surface area contributed by atoms with Gasteiger partial charge in [0.2, 0.25) is 0 Å². The van der Waals surface area contributed by atoms with Gasteiger partial charge in [0, 0.05) is 25.4 Å². The van der Waals surface area contributed by atoms with Crippen molar-refractivity contribution in [1.82, 2.24) is 0 Å². The van der Waals surface area contributed by atoms with Crippen LogP contribution >= 0.6 is 0 Å². The van der Waals surface area contributed by atoms with Gasteiger partial charge in [0.25, 0.3) is 0 Å². The third kappa shape index (κ3) is 6.21. The van der Waals surface area contributed by atoms with Gasteiger partial charge >= 0.3 is 23.7 Å². The first-order valence-corrected chi connectivity index (χ1v) is 8.73. The predicted octanol–water partition coefficient (Wildman–Crippen LogP) is 5.34. The van der Waals surface area contributed by atoms with Crippen molar-refractivity contribution in [2.45, 2.75) is 94.4 Å². The monoisotopic (exact) mass is 400 g/mol. The lowest BCUT2D eigenvalue weighted by atomic mass is 9.92. The van der Waals surface area contributed by atoms with E-state index in [4.69, 9.17) is 11.5 Å². The molecule has 0 rings (SSSR count). The van der Waals surface area contributed by atoms with Crippen LogP contribution in [-0.4, -0.2) is 36.3 Å². The summed E-state index contributed by atoms with van der Waals surface area (Å²) in [6.07, 6.45) is -2.49. The molecule has 0 aromatic heterocycles. The van der Waals surface area contributed by atoms with Crippen molar-refractivity contribution in [3.8, 4) is 0 Å². The molecule has 1 unspecified atom stereocenters. The van der Waals surface area contributed by atoms with Gasteiger partial charge in [-0.15, -0.1) is 0 Å². The molecular weight excluding hydrogens is 372 g/mol. The summed E-state index contributed by atoms with van der Waals surface area (Å²) < 4.78 is 109. The van der Waals surface area contributed by atoms with Crippen LogP contribution in [0.1, 0.15) is 64.7 Å². The summed E-state index contributed by atoms with van der Waals surface area (Å²) in [6, 6.07) is -0.760. The van der Waals surface area contributed by atoms with Gasteiger partial charge in [-0.2, -0.15) is 35.1 Å². The Labute approximate surface area is 148 Å². The summed E-state index contributed by atoms with van der Waals surface area (Å²) in [4.78, 5) is 0. The summed E-state index contributed by atoms with van der Waals surface area (Å²) in [5, 5.41) is 0. The van der Waals surface area contributed by atoms with E-state index in [0.717, 1.165) is 6.42 Å². The number of hydrogen-bond acceptors (Lipinski definition) is 2. The van der Waals surface area contributed by atoms with Crippen LogP contribution < -0.4 is 11.5 Å². The van der Waals surface area contributed by atoms with Crippen molar-refractivity contribution in [2.75, 3.05) is 6.54 Å². The lowest BCUT2D eigenvalue weighted by Crippen LogP contribution is -2.62. The SMILES string of the molecule is CCCCCCCC(F)(F)C(F)(F)C(F)(F)C(F)(F)CCCC(N)CN. The zero-order valence-corrected chi connectivity index (χ0v) is 14.8. The molecule has 0 aromatic rings. The maximum absolute atomic E-state index is 13.7. The van der Waals surface area contributed by atoms with E-state index in [0.29, 0.717) is 12.8 Å². The highest BCUT2D eigenvalue weighted by Crippen LogP contribution is 2.55. The van der Waals surface area contributed by atoms with E-state index in [9.17, 15) is 35.1 Å². The second-order valence-corrected chi connectivity index (χ2v) is 6.61. The van der Waals surface area contributed by atoms with Gasteiger partial charge < -0.3 is 11.5 Å². The van der Waals surface area contributed by atoms with Crippen LogP contribution in [0, 0.1) is 0 Å². The fraction of sp³-hybridized carbons (Fsp3) is 1.00. The van der Waals surface area contributed by atoms with E-state index in [1.807, 2.05) is 6.92 Å². The molecule has 0 amide bonds. The maximum atomic E-state index is 13.7. The van der Waals surface area contributed by atoms with E-state index < -0.39 is 55.4 Å². The first kappa shape index (κ1) is 25.4. The molecule has 2 nitrogen and oxygen atoms in total. The Balaban J connectivity index is 5.00. The number of nitrogens with two attached hydrogens (primary N) is 2. The normalized spacial score (nSPS) is 15.3. The van der Waals surface area contributed by atoms with E-state index in [-0.39, 0.29) is 19.4 Å². The molecule has 4 N–H and O–H groups in total. The van der Waals surface area contributed by atoms with Gasteiger partial charge in [0.05, 0.1) is 0 Å². The fourth-order valence-corrected chi connectivity index (χ4v) is 2.43. The smallest absolute Gasteiger partial charge is 0.329 e. The summed E-state index contributed by atoms with van der Waals surface area (Å²) in [5.41, 5.74) is 10.5. The Morgan fingerprint density at radius 2 is 1.12 bits per heavy atom. The topological polar surface area (TPSA) is 52.0 Å². The largest absolute Gasteiger partial charge is 0.378 e. The third-order valence-corrected chi connectivity index (χ3v) is 4.28. The molecule has 0 radical (unpaired) electrons. The molecule has 0 spiro atoms. The summed E-state index contributed by atoms with van der Waals surface area (Å²) >= 11 is 0. The highest BCUT2D eigenvalue weighted by molar-refractivity contribution is 5.03. The van der Waals surface area contributed by atoms with Crippen LogP contribution in [0.4, 0.5) is 35.1 Å². The fourth-order valence-electron chi connectivity index (χ4n) is 2.43. The van der Waals surface area contributed by atoms with E-state index in [2.05, 4.69) is 0 Å². The average Bonchev–Trinajstić information content (AvgIpc) is 2.53. The van der Waals surface area contributed by atoms with Gasteiger partial charge in [-0.25, -0.2) is 0 Å². The predicted molar refractivity (Wildman–Crippen MR) is 84.0 cm³/mol. The molecule has 10 heteroatoms. The van der Waals surface area contributed by atoms with Crippen LogP contribution in [0.25, 0.3) is 0 Å². The number of alkyl halides is 8. The minimum atomic E-state index is -6.18. The molecule has 0 saturated carbocycles. The quantitative estimate of drug-likeness (QED) is 0.305. The van der Waals surface area contributed by atoms with Gasteiger partial charge in [-0.1, -0.05) is 32.6 Å². The molecule has 0 bridgehead atoms. The maximum Gasteiger partial charge on any atom is 0.378 e. The molecular formula is C16H28F8N2. The zero-order valence-electron chi connectivity index (χ0n) is 14.8. The molecule has 0 saturated heterocycles. The third-order valence-electron chi connectivity index (χ3n) is 4.28. The van der Waals surface area contributed by atoms with E-state index >= 15 is 0 Å². The first-order chi connectivity index (χ1) is 11.8. The van der Waals surface area contributed by atoms with Crippen molar-refractivity contribution < 1.29 is 35.1 Å². The van der Waals surface area contributed by atoms with Crippen molar-refractivity contribution in [3.05, 3.63) is 0 Å². The van der Waals surface area contributed by atoms with Gasteiger partial charge in [-0.3, -0.25) is 0 Å². The molecule has 0 heterocycles. The highest BCUT2D eigenvalue weighted by Gasteiger charge is 2.79. The van der Waals surface area contributed by atoms with E-state index in [1.165, 1.54) is 0 Å². The standard InChI is InChI=1S/C16H28F8N2/c1-2-3-4-5-6-9-13(17,18)15(21,22)16(23,24)14(19,20)10-7-8-12(26)11-25/h12H,2-11,25-26H2,1H3. The van der Waals surface area contributed by atoms with Crippen LogP contribution in [0.2, 0.25) is 0 Å². The summed E-state index contributed by atoms with van der Waals surface area (Å²) in [5.74, 6) is -22.9. The molecule has 26 heavy (non-hydrogen) atoms. The Morgan fingerprint density at radius 3 is 1.54 bits per heavy atom. The first-order valence-electron chi connectivity index (χ1n) is 8.73. The van der Waals surface area contributed by atoms with Crippen LogP contribution in [-0.2, 0) is 0 Å². The van der Waals surface area contributed by atoms with Crippen molar-refractivity contribution in [2.24, 2.45) is 11.5 Å². The minimum absolute atomic E-state index is 0.103. The zero-order chi connectivity index (χ0) is 20.6. The Morgan fingerprint density at radius 1 is 0.692 bits per heavy atom. The number of rotatable bonds is 14. The number of halogens is 8. The van der Waals surface area contributed by atoms with Crippen molar-refractivity contribution in [1.29, 1.82) is 0 Å². The lowest BCUT2D eigenvalue weighted by molar-refractivity contribution is -0.368. The number of unbranched alkanes of at least 4 members (excludes halogenated alkanes) is 4. The number of hydrogen-bond donors (Lipinski definition) is 2. The Bertz CT molecular complexity index is 402. The van der Waals surface area contributed by atoms with Crippen LogP contribution in [0.3, 0.4) is 0 Å². The lowest BCUT2D eigenvalue weighted by Gasteiger charge is -2.37. The molecule has 0 aliphatic rings. The minimum Gasteiger partial charge on any atom is -0.329 e. The van der Waals surface area contributed by atoms with Crippen molar-refractivity contribution >= 4 is 0 Å². The van der Waals surface area contributed by atoms with Crippen LogP contribution in [0.5, 0.6) is 0 Å². The Hall–Kier alpha value is -0.640. The second kappa shape index (κ2) is 10.1. The van der Waals surface area contributed by atoms with Gasteiger partial charge in [-0.05, 0) is 19.3 Å². The molecule has 0 aliphatic heterocycles. The second-order valence-electron chi connectivity index (χ2n) is 6.61. The molecule has 158 valence electrons. The van der Waals surface area contributed by atoms with Crippen LogP contribution in [0.15, 0.2) is 0 Å². The molecule has 0 fully saturated rings. The molecule has 0 aliphatic carbocycles.